The topological polar surface area (TPSA) is 46.2 Å². The zero-order valence-electron chi connectivity index (χ0n) is 6.63. The Kier molecular flexibility index (Phi) is 19.2. The van der Waals surface area contributed by atoms with Crippen molar-refractivity contribution in [1.29, 1.82) is 0 Å². The van der Waals surface area contributed by atoms with Crippen molar-refractivity contribution < 1.29 is 14.6 Å². The van der Waals surface area contributed by atoms with Gasteiger partial charge in [-0.05, 0) is 12.8 Å². The second-order valence-corrected chi connectivity index (χ2v) is 1.67. The van der Waals surface area contributed by atoms with Gasteiger partial charge in [0.05, 0.1) is 13.2 Å². The van der Waals surface area contributed by atoms with Gasteiger partial charge < -0.3 is 4.74 Å². The minimum atomic E-state index is 0.0694. The molecule has 0 saturated heterocycles. The molecule has 0 bridgehead atoms. The van der Waals surface area contributed by atoms with Gasteiger partial charge in [-0.1, -0.05) is 13.8 Å². The summed E-state index contributed by atoms with van der Waals surface area (Å²) in [5, 5.41) is 9.30. The van der Waals surface area contributed by atoms with Crippen LogP contribution in [0.4, 0.5) is 0 Å². The molecule has 0 aliphatic rings. The van der Waals surface area contributed by atoms with Crippen LogP contribution in [-0.2, 0) is 14.6 Å². The molecule has 3 heteroatoms. The van der Waals surface area contributed by atoms with Gasteiger partial charge in [0.25, 0.3) is 6.47 Å². The minimum absolute atomic E-state index is 0.0694. The first-order valence-corrected chi connectivity index (χ1v) is 3.46. The largest absolute Gasteiger partial charge is 0.468 e. The Balaban J connectivity index is 0. The highest BCUT2D eigenvalue weighted by Crippen LogP contribution is 1.71. The second-order valence-electron chi connectivity index (χ2n) is 1.67. The van der Waals surface area contributed by atoms with Crippen LogP contribution in [0.1, 0.15) is 26.7 Å². The average Bonchev–Trinajstić information content (AvgIpc) is 2.01. The Morgan fingerprint density at radius 2 is 1.80 bits per heavy atom. The molecule has 0 heterocycles. The molecule has 10 heavy (non-hydrogen) atoms. The van der Waals surface area contributed by atoms with Crippen LogP contribution in [0.5, 0.6) is 0 Å². The molecular weight excluding hydrogens is 132 g/mol. The smallest absolute Gasteiger partial charge is 0.293 e. The summed E-state index contributed by atoms with van der Waals surface area (Å²) in [7, 11) is 0. The maximum Gasteiger partial charge on any atom is 0.293 e. The Morgan fingerprint density at radius 1 is 1.30 bits per heavy atom. The maximum absolute atomic E-state index is 9.34. The first kappa shape index (κ1) is 12.1. The maximum atomic E-state index is 9.34. The second kappa shape index (κ2) is 15.8. The summed E-state index contributed by atoms with van der Waals surface area (Å²) >= 11 is 0. The lowest BCUT2D eigenvalue weighted by atomic mass is 10.5. The van der Waals surface area contributed by atoms with Crippen LogP contribution in [0.2, 0.25) is 0 Å². The molecule has 0 unspecified atom stereocenters. The van der Waals surface area contributed by atoms with Crippen molar-refractivity contribution in [2.45, 2.75) is 26.7 Å². The van der Waals surface area contributed by atoms with E-state index in [0.717, 1.165) is 12.8 Å². The molecule has 0 amide bonds. The SMILES string of the molecule is CCCOC=O.CCC[O]. The lowest BCUT2D eigenvalue weighted by Crippen LogP contribution is -1.86. The third kappa shape index (κ3) is 26.1. The van der Waals surface area contributed by atoms with E-state index in [4.69, 9.17) is 0 Å². The van der Waals surface area contributed by atoms with Gasteiger partial charge in [0.15, 0.2) is 0 Å². The highest BCUT2D eigenvalue weighted by molar-refractivity contribution is 5.36. The summed E-state index contributed by atoms with van der Waals surface area (Å²) in [5.74, 6) is 0. The summed E-state index contributed by atoms with van der Waals surface area (Å²) in [4.78, 5) is 9.34. The van der Waals surface area contributed by atoms with Crippen LogP contribution in [-0.4, -0.2) is 19.7 Å². The molecule has 0 atom stereocenters. The van der Waals surface area contributed by atoms with Gasteiger partial charge in [-0.2, -0.15) is 0 Å². The molecule has 0 rings (SSSR count). The number of hydrogen-bond acceptors (Lipinski definition) is 2. The number of ether oxygens (including phenoxy) is 1. The molecule has 3 nitrogen and oxygen atoms in total. The van der Waals surface area contributed by atoms with Crippen LogP contribution in [0.3, 0.4) is 0 Å². The van der Waals surface area contributed by atoms with Crippen molar-refractivity contribution in [3.63, 3.8) is 0 Å². The highest BCUT2D eigenvalue weighted by atomic mass is 16.5. The molecule has 0 saturated carbocycles. The van der Waals surface area contributed by atoms with E-state index in [0.29, 0.717) is 13.1 Å². The van der Waals surface area contributed by atoms with Crippen molar-refractivity contribution in [1.82, 2.24) is 0 Å². The fraction of sp³-hybridized carbons (Fsp3) is 0.857. The lowest BCUT2D eigenvalue weighted by Gasteiger charge is -1.86. The average molecular weight is 147 g/mol. The van der Waals surface area contributed by atoms with Crippen molar-refractivity contribution in [3.8, 4) is 0 Å². The van der Waals surface area contributed by atoms with Crippen molar-refractivity contribution in [2.24, 2.45) is 0 Å². The third-order valence-electron chi connectivity index (χ3n) is 0.594. The monoisotopic (exact) mass is 147 g/mol. The van der Waals surface area contributed by atoms with Gasteiger partial charge >= 0.3 is 0 Å². The third-order valence-corrected chi connectivity index (χ3v) is 0.594. The summed E-state index contributed by atoms with van der Waals surface area (Å²) in [6.07, 6.45) is 1.67. The van der Waals surface area contributed by atoms with Crippen LogP contribution in [0.25, 0.3) is 0 Å². The molecule has 0 aliphatic heterocycles. The molecule has 1 radical (unpaired) electrons. The number of carbonyl (C=O) groups is 1. The standard InChI is InChI=1S/C4H8O2.C3H7O/c1-2-3-6-4-5;1-2-3-4/h4H,2-3H2,1H3;2-3H2,1H3. The Hall–Kier alpha value is -0.570. The summed E-state index contributed by atoms with van der Waals surface area (Å²) in [6, 6.07) is 0. The first-order chi connectivity index (χ1) is 4.83. The first-order valence-electron chi connectivity index (χ1n) is 3.46. The van der Waals surface area contributed by atoms with Gasteiger partial charge in [0, 0.05) is 0 Å². The lowest BCUT2D eigenvalue weighted by molar-refractivity contribution is -0.128. The van der Waals surface area contributed by atoms with E-state index < -0.39 is 0 Å². The van der Waals surface area contributed by atoms with E-state index >= 15 is 0 Å². The van der Waals surface area contributed by atoms with Crippen molar-refractivity contribution in [2.75, 3.05) is 13.2 Å². The van der Waals surface area contributed by atoms with E-state index in [1.165, 1.54) is 0 Å². The summed E-state index contributed by atoms with van der Waals surface area (Å²) in [6.45, 7) is 4.89. The molecular formula is C7H15O3. The zero-order valence-corrected chi connectivity index (χ0v) is 6.63. The van der Waals surface area contributed by atoms with E-state index in [1.807, 2.05) is 13.8 Å². The van der Waals surface area contributed by atoms with Crippen LogP contribution in [0.15, 0.2) is 0 Å². The quantitative estimate of drug-likeness (QED) is 0.445. The van der Waals surface area contributed by atoms with Gasteiger partial charge in [0.2, 0.25) is 0 Å². The Morgan fingerprint density at radius 3 is 1.90 bits per heavy atom. The summed E-state index contributed by atoms with van der Waals surface area (Å²) in [5.41, 5.74) is 0. The molecule has 0 aliphatic carbocycles. The predicted octanol–water partition coefficient (Wildman–Crippen LogP) is 1.40. The minimum Gasteiger partial charge on any atom is -0.468 e. The fourth-order valence-corrected chi connectivity index (χ4v) is 0.166. The highest BCUT2D eigenvalue weighted by Gasteiger charge is 1.71. The van der Waals surface area contributed by atoms with Gasteiger partial charge in [-0.25, -0.2) is 5.11 Å². The molecule has 0 aromatic rings. The number of rotatable bonds is 4. The number of carbonyl (C=O) groups excluding carboxylic acids is 1. The van der Waals surface area contributed by atoms with Gasteiger partial charge in [0.1, 0.15) is 0 Å². The predicted molar refractivity (Wildman–Crippen MR) is 38.2 cm³/mol. The van der Waals surface area contributed by atoms with Gasteiger partial charge in [-0.3, -0.25) is 4.79 Å². The van der Waals surface area contributed by atoms with E-state index in [1.54, 1.807) is 0 Å². The van der Waals surface area contributed by atoms with Crippen LogP contribution in [0, 0.1) is 0 Å². The van der Waals surface area contributed by atoms with E-state index in [-0.39, 0.29) is 6.61 Å². The van der Waals surface area contributed by atoms with Crippen molar-refractivity contribution in [3.05, 3.63) is 0 Å². The Labute approximate surface area is 62.0 Å². The molecule has 0 aromatic carbocycles. The normalized spacial score (nSPS) is 7.50. The fourth-order valence-electron chi connectivity index (χ4n) is 0.166. The van der Waals surface area contributed by atoms with Crippen LogP contribution < -0.4 is 0 Å². The molecule has 61 valence electrons. The van der Waals surface area contributed by atoms with Crippen molar-refractivity contribution >= 4 is 6.47 Å². The number of hydrogen-bond donors (Lipinski definition) is 0. The zero-order chi connectivity index (χ0) is 8.24. The molecule has 0 aromatic heterocycles. The summed E-state index contributed by atoms with van der Waals surface area (Å²) < 4.78 is 4.30. The Bertz CT molecular complexity index is 52.8. The van der Waals surface area contributed by atoms with E-state index in [9.17, 15) is 9.90 Å². The molecule has 0 fully saturated rings. The van der Waals surface area contributed by atoms with Crippen LogP contribution >= 0.6 is 0 Å². The van der Waals surface area contributed by atoms with Gasteiger partial charge in [-0.15, -0.1) is 0 Å². The molecule has 0 N–H and O–H groups in total. The van der Waals surface area contributed by atoms with E-state index in [2.05, 4.69) is 4.74 Å². The molecule has 0 spiro atoms.